The standard InChI is InChI=1S/C15H12BrN3O/c1-17-13-8-18-9-14(19-13)20-12-7-6-10-4-2-3-5-11(10)15(12)16/h2-9H,1H3,(H,17,19). The Morgan fingerprint density at radius 1 is 1.10 bits per heavy atom. The highest BCUT2D eigenvalue weighted by Gasteiger charge is 2.08. The number of nitrogens with one attached hydrogen (secondary N) is 1. The first-order chi connectivity index (χ1) is 9.78. The number of nitrogens with zero attached hydrogens (tertiary/aromatic N) is 2. The molecule has 100 valence electrons. The van der Waals surface area contributed by atoms with E-state index in [0.29, 0.717) is 17.4 Å². The topological polar surface area (TPSA) is 47.0 Å². The third-order valence-corrected chi connectivity index (χ3v) is 3.73. The van der Waals surface area contributed by atoms with Crippen LogP contribution in [0.3, 0.4) is 0 Å². The van der Waals surface area contributed by atoms with Gasteiger partial charge in [0.15, 0.2) is 0 Å². The molecule has 20 heavy (non-hydrogen) atoms. The minimum atomic E-state index is 0.452. The first-order valence-electron chi connectivity index (χ1n) is 6.13. The number of rotatable bonds is 3. The summed E-state index contributed by atoms with van der Waals surface area (Å²) in [5, 5.41) is 5.19. The van der Waals surface area contributed by atoms with Gasteiger partial charge in [-0.2, -0.15) is 4.98 Å². The maximum atomic E-state index is 5.80. The van der Waals surface area contributed by atoms with E-state index in [9.17, 15) is 0 Å². The minimum Gasteiger partial charge on any atom is -0.436 e. The maximum Gasteiger partial charge on any atom is 0.239 e. The van der Waals surface area contributed by atoms with Gasteiger partial charge in [-0.25, -0.2) is 0 Å². The summed E-state index contributed by atoms with van der Waals surface area (Å²) in [5.74, 6) is 1.83. The average molecular weight is 330 g/mol. The number of anilines is 1. The maximum absolute atomic E-state index is 5.80. The van der Waals surface area contributed by atoms with Gasteiger partial charge in [0.2, 0.25) is 5.88 Å². The Morgan fingerprint density at radius 2 is 1.95 bits per heavy atom. The monoisotopic (exact) mass is 329 g/mol. The Hall–Kier alpha value is -2.14. The zero-order valence-electron chi connectivity index (χ0n) is 10.8. The van der Waals surface area contributed by atoms with Gasteiger partial charge in [-0.3, -0.25) is 4.98 Å². The Balaban J connectivity index is 2.00. The highest BCUT2D eigenvalue weighted by molar-refractivity contribution is 9.10. The van der Waals surface area contributed by atoms with Gasteiger partial charge in [-0.1, -0.05) is 30.3 Å². The van der Waals surface area contributed by atoms with Crippen LogP contribution < -0.4 is 10.1 Å². The quantitative estimate of drug-likeness (QED) is 0.781. The van der Waals surface area contributed by atoms with Crippen molar-refractivity contribution in [3.63, 3.8) is 0 Å². The van der Waals surface area contributed by atoms with Crippen molar-refractivity contribution in [2.75, 3.05) is 12.4 Å². The number of aromatic nitrogens is 2. The van der Waals surface area contributed by atoms with Gasteiger partial charge in [-0.05, 0) is 32.8 Å². The Kier molecular flexibility index (Phi) is 3.52. The fraction of sp³-hybridized carbons (Fsp3) is 0.0667. The first-order valence-corrected chi connectivity index (χ1v) is 6.92. The van der Waals surface area contributed by atoms with E-state index in [-0.39, 0.29) is 0 Å². The van der Waals surface area contributed by atoms with Crippen molar-refractivity contribution in [1.29, 1.82) is 0 Å². The van der Waals surface area contributed by atoms with Crippen LogP contribution in [0, 0.1) is 0 Å². The van der Waals surface area contributed by atoms with Crippen molar-refractivity contribution >= 4 is 32.5 Å². The number of benzene rings is 2. The molecule has 0 amide bonds. The molecule has 0 radical (unpaired) electrons. The van der Waals surface area contributed by atoms with E-state index in [1.165, 1.54) is 0 Å². The second-order valence-corrected chi connectivity index (χ2v) is 4.99. The summed E-state index contributed by atoms with van der Waals surface area (Å²) in [5.41, 5.74) is 0. The van der Waals surface area contributed by atoms with Gasteiger partial charge in [-0.15, -0.1) is 0 Å². The summed E-state index contributed by atoms with van der Waals surface area (Å²) in [6.45, 7) is 0. The predicted octanol–water partition coefficient (Wildman–Crippen LogP) is 4.23. The van der Waals surface area contributed by atoms with Gasteiger partial charge in [0, 0.05) is 7.05 Å². The lowest BCUT2D eigenvalue weighted by molar-refractivity contribution is 0.459. The van der Waals surface area contributed by atoms with Gasteiger partial charge >= 0.3 is 0 Å². The van der Waals surface area contributed by atoms with Gasteiger partial charge < -0.3 is 10.1 Å². The van der Waals surface area contributed by atoms with Gasteiger partial charge in [0.05, 0.1) is 16.9 Å². The molecule has 1 heterocycles. The molecule has 3 aromatic rings. The molecular formula is C15H12BrN3O. The largest absolute Gasteiger partial charge is 0.436 e. The lowest BCUT2D eigenvalue weighted by Gasteiger charge is -2.09. The van der Waals surface area contributed by atoms with Crippen LogP contribution in [0.2, 0.25) is 0 Å². The van der Waals surface area contributed by atoms with E-state index in [1.54, 1.807) is 19.4 Å². The van der Waals surface area contributed by atoms with Crippen LogP contribution in [0.1, 0.15) is 0 Å². The molecule has 0 spiro atoms. The normalized spacial score (nSPS) is 10.5. The molecule has 1 N–H and O–H groups in total. The lowest BCUT2D eigenvalue weighted by Crippen LogP contribution is -1.96. The molecule has 0 saturated heterocycles. The number of hydrogen-bond acceptors (Lipinski definition) is 4. The van der Waals surface area contributed by atoms with E-state index in [4.69, 9.17) is 4.74 Å². The van der Waals surface area contributed by atoms with Crippen LogP contribution in [0.4, 0.5) is 5.82 Å². The molecule has 0 aliphatic rings. The smallest absolute Gasteiger partial charge is 0.239 e. The highest BCUT2D eigenvalue weighted by atomic mass is 79.9. The molecule has 2 aromatic carbocycles. The van der Waals surface area contributed by atoms with Crippen LogP contribution in [0.5, 0.6) is 11.6 Å². The number of hydrogen-bond donors (Lipinski definition) is 1. The van der Waals surface area contributed by atoms with Crippen molar-refractivity contribution in [1.82, 2.24) is 9.97 Å². The molecule has 0 aliphatic heterocycles. The second-order valence-electron chi connectivity index (χ2n) is 4.19. The first kappa shape index (κ1) is 12.9. The van der Waals surface area contributed by atoms with Gasteiger partial charge in [0.1, 0.15) is 11.6 Å². The lowest BCUT2D eigenvalue weighted by atomic mass is 10.1. The fourth-order valence-electron chi connectivity index (χ4n) is 1.92. The molecule has 5 heteroatoms. The number of fused-ring (bicyclic) bond motifs is 1. The SMILES string of the molecule is CNc1cncc(Oc2ccc3ccccc3c2Br)n1. The molecule has 4 nitrogen and oxygen atoms in total. The number of halogens is 1. The van der Waals surface area contributed by atoms with Crippen LogP contribution in [0.15, 0.2) is 53.3 Å². The molecule has 0 unspecified atom stereocenters. The van der Waals surface area contributed by atoms with E-state index in [2.05, 4.69) is 37.3 Å². The predicted molar refractivity (Wildman–Crippen MR) is 83.3 cm³/mol. The van der Waals surface area contributed by atoms with Gasteiger partial charge in [0.25, 0.3) is 0 Å². The van der Waals surface area contributed by atoms with Crippen LogP contribution in [-0.4, -0.2) is 17.0 Å². The molecule has 0 bridgehead atoms. The summed E-state index contributed by atoms with van der Waals surface area (Å²) < 4.78 is 6.71. The Bertz CT molecular complexity index is 761. The Labute approximate surface area is 125 Å². The molecule has 0 fully saturated rings. The van der Waals surface area contributed by atoms with Crippen molar-refractivity contribution in [3.05, 3.63) is 53.3 Å². The van der Waals surface area contributed by atoms with E-state index in [1.807, 2.05) is 30.3 Å². The van der Waals surface area contributed by atoms with Crippen LogP contribution in [0.25, 0.3) is 10.8 Å². The molecule has 1 aromatic heterocycles. The molecule has 0 atom stereocenters. The Morgan fingerprint density at radius 3 is 2.80 bits per heavy atom. The summed E-state index contributed by atoms with van der Waals surface area (Å²) in [6.07, 6.45) is 3.23. The molecule has 0 aliphatic carbocycles. The fourth-order valence-corrected chi connectivity index (χ4v) is 2.50. The van der Waals surface area contributed by atoms with Crippen LogP contribution >= 0.6 is 15.9 Å². The second kappa shape index (κ2) is 5.46. The van der Waals surface area contributed by atoms with Crippen molar-refractivity contribution < 1.29 is 4.74 Å². The van der Waals surface area contributed by atoms with Crippen molar-refractivity contribution in [2.45, 2.75) is 0 Å². The minimum absolute atomic E-state index is 0.452. The summed E-state index contributed by atoms with van der Waals surface area (Å²) >= 11 is 3.59. The summed E-state index contributed by atoms with van der Waals surface area (Å²) in [6, 6.07) is 12.0. The number of ether oxygens (including phenoxy) is 1. The highest BCUT2D eigenvalue weighted by Crippen LogP contribution is 2.35. The zero-order valence-corrected chi connectivity index (χ0v) is 12.4. The van der Waals surface area contributed by atoms with Crippen molar-refractivity contribution in [3.8, 4) is 11.6 Å². The van der Waals surface area contributed by atoms with E-state index >= 15 is 0 Å². The summed E-state index contributed by atoms with van der Waals surface area (Å²) in [7, 11) is 1.79. The molecule has 0 saturated carbocycles. The average Bonchev–Trinajstić information content (AvgIpc) is 2.50. The zero-order chi connectivity index (χ0) is 13.9. The van der Waals surface area contributed by atoms with E-state index < -0.39 is 0 Å². The molecular weight excluding hydrogens is 318 g/mol. The summed E-state index contributed by atoms with van der Waals surface area (Å²) in [4.78, 5) is 8.37. The van der Waals surface area contributed by atoms with E-state index in [0.717, 1.165) is 15.2 Å². The van der Waals surface area contributed by atoms with Crippen molar-refractivity contribution in [2.24, 2.45) is 0 Å². The third kappa shape index (κ3) is 2.44. The third-order valence-electron chi connectivity index (χ3n) is 2.91. The molecule has 3 rings (SSSR count). The van der Waals surface area contributed by atoms with Crippen LogP contribution in [-0.2, 0) is 0 Å².